The van der Waals surface area contributed by atoms with E-state index in [2.05, 4.69) is 4.74 Å². The minimum atomic E-state index is -0.921. The number of halogens is 1. The molecule has 1 aromatic rings. The molecular weight excluding hydrogens is 185 g/mol. The molecule has 0 radical (unpaired) electrons. The first-order valence-corrected chi connectivity index (χ1v) is 4.15. The van der Waals surface area contributed by atoms with Crippen LogP contribution in [0.5, 0.6) is 0 Å². The molecule has 0 aliphatic carbocycles. The lowest BCUT2D eigenvalue weighted by Crippen LogP contribution is -2.23. The van der Waals surface area contributed by atoms with E-state index >= 15 is 0 Å². The number of benzene rings is 1. The average Bonchev–Trinajstić information content (AvgIpc) is 2.19. The van der Waals surface area contributed by atoms with Crippen LogP contribution < -0.4 is 5.73 Å². The van der Waals surface area contributed by atoms with E-state index in [0.29, 0.717) is 5.56 Å². The summed E-state index contributed by atoms with van der Waals surface area (Å²) < 4.78 is 17.3. The lowest BCUT2D eigenvalue weighted by molar-refractivity contribution is -0.142. The van der Waals surface area contributed by atoms with Crippen molar-refractivity contribution in [3.8, 4) is 0 Å². The quantitative estimate of drug-likeness (QED) is 0.727. The number of esters is 1. The van der Waals surface area contributed by atoms with Crippen molar-refractivity contribution in [2.75, 3.05) is 7.11 Å². The third-order valence-corrected chi connectivity index (χ3v) is 2.03. The SMILES string of the molecule is COC(=O)C(N)c1cc(F)ccc1C. The van der Waals surface area contributed by atoms with Gasteiger partial charge in [-0.1, -0.05) is 6.07 Å². The van der Waals surface area contributed by atoms with Crippen LogP contribution >= 0.6 is 0 Å². The summed E-state index contributed by atoms with van der Waals surface area (Å²) in [6, 6.07) is 3.23. The highest BCUT2D eigenvalue weighted by Gasteiger charge is 2.18. The normalized spacial score (nSPS) is 12.3. The Morgan fingerprint density at radius 1 is 1.57 bits per heavy atom. The molecule has 0 aromatic heterocycles. The zero-order chi connectivity index (χ0) is 10.7. The third-order valence-electron chi connectivity index (χ3n) is 2.03. The van der Waals surface area contributed by atoms with Gasteiger partial charge in [-0.15, -0.1) is 0 Å². The van der Waals surface area contributed by atoms with Crippen molar-refractivity contribution in [3.63, 3.8) is 0 Å². The molecular formula is C10H12FNO2. The Balaban J connectivity index is 3.05. The van der Waals surface area contributed by atoms with Crippen molar-refractivity contribution in [2.45, 2.75) is 13.0 Å². The Labute approximate surface area is 81.7 Å². The second kappa shape index (κ2) is 4.19. The van der Waals surface area contributed by atoms with E-state index in [0.717, 1.165) is 5.56 Å². The van der Waals surface area contributed by atoms with Gasteiger partial charge in [0.05, 0.1) is 7.11 Å². The smallest absolute Gasteiger partial charge is 0.327 e. The molecule has 0 aliphatic rings. The molecule has 0 amide bonds. The predicted molar refractivity (Wildman–Crippen MR) is 50.1 cm³/mol. The standard InChI is InChI=1S/C10H12FNO2/c1-6-3-4-7(11)5-8(6)9(12)10(13)14-2/h3-5,9H,12H2,1-2H3. The summed E-state index contributed by atoms with van der Waals surface area (Å²) in [4.78, 5) is 11.1. The largest absolute Gasteiger partial charge is 0.468 e. The lowest BCUT2D eigenvalue weighted by Gasteiger charge is -2.12. The van der Waals surface area contributed by atoms with Crippen molar-refractivity contribution in [2.24, 2.45) is 5.73 Å². The Morgan fingerprint density at radius 2 is 2.21 bits per heavy atom. The minimum Gasteiger partial charge on any atom is -0.468 e. The van der Waals surface area contributed by atoms with E-state index in [9.17, 15) is 9.18 Å². The monoisotopic (exact) mass is 197 g/mol. The molecule has 0 spiro atoms. The van der Waals surface area contributed by atoms with Gasteiger partial charge in [0.2, 0.25) is 0 Å². The maximum absolute atomic E-state index is 12.9. The lowest BCUT2D eigenvalue weighted by atomic mass is 10.0. The Morgan fingerprint density at radius 3 is 2.79 bits per heavy atom. The summed E-state index contributed by atoms with van der Waals surface area (Å²) >= 11 is 0. The molecule has 1 rings (SSSR count). The second-order valence-corrected chi connectivity index (χ2v) is 3.00. The average molecular weight is 197 g/mol. The van der Waals surface area contributed by atoms with Crippen molar-refractivity contribution in [1.29, 1.82) is 0 Å². The second-order valence-electron chi connectivity index (χ2n) is 3.00. The third kappa shape index (κ3) is 2.09. The summed E-state index contributed by atoms with van der Waals surface area (Å²) in [7, 11) is 1.25. The molecule has 3 nitrogen and oxygen atoms in total. The molecule has 0 bridgehead atoms. The molecule has 4 heteroatoms. The minimum absolute atomic E-state index is 0.412. The van der Waals surface area contributed by atoms with Gasteiger partial charge in [-0.05, 0) is 30.2 Å². The number of carbonyl (C=O) groups is 1. The Hall–Kier alpha value is -1.42. The van der Waals surface area contributed by atoms with Crippen LogP contribution in [-0.2, 0) is 9.53 Å². The maximum Gasteiger partial charge on any atom is 0.327 e. The van der Waals surface area contributed by atoms with Crippen molar-refractivity contribution >= 4 is 5.97 Å². The highest BCUT2D eigenvalue weighted by Crippen LogP contribution is 2.17. The van der Waals surface area contributed by atoms with Crippen LogP contribution in [0.3, 0.4) is 0 Å². The summed E-state index contributed by atoms with van der Waals surface area (Å²) in [6.07, 6.45) is 0. The maximum atomic E-state index is 12.9. The van der Waals surface area contributed by atoms with Gasteiger partial charge in [0.1, 0.15) is 11.9 Å². The molecule has 0 saturated carbocycles. The molecule has 76 valence electrons. The van der Waals surface area contributed by atoms with E-state index in [1.165, 1.54) is 19.2 Å². The van der Waals surface area contributed by atoms with Gasteiger partial charge in [-0.25, -0.2) is 4.39 Å². The first kappa shape index (κ1) is 10.7. The van der Waals surface area contributed by atoms with Gasteiger partial charge in [-0.2, -0.15) is 0 Å². The van der Waals surface area contributed by atoms with Crippen molar-refractivity contribution < 1.29 is 13.9 Å². The van der Waals surface area contributed by atoms with Gasteiger partial charge in [-0.3, -0.25) is 4.79 Å². The van der Waals surface area contributed by atoms with Crippen molar-refractivity contribution in [3.05, 3.63) is 35.1 Å². The van der Waals surface area contributed by atoms with Gasteiger partial charge >= 0.3 is 5.97 Å². The summed E-state index contributed by atoms with van der Waals surface area (Å²) in [6.45, 7) is 1.76. The number of carbonyl (C=O) groups excluding carboxylic acids is 1. The van der Waals surface area contributed by atoms with Gasteiger partial charge in [0.15, 0.2) is 0 Å². The molecule has 0 saturated heterocycles. The molecule has 1 atom stereocenters. The van der Waals surface area contributed by atoms with E-state index in [1.807, 2.05) is 0 Å². The topological polar surface area (TPSA) is 52.3 Å². The Bertz CT molecular complexity index is 352. The number of hydrogen-bond donors (Lipinski definition) is 1. The molecule has 1 aromatic carbocycles. The van der Waals surface area contributed by atoms with E-state index in [-0.39, 0.29) is 0 Å². The van der Waals surface area contributed by atoms with Gasteiger partial charge < -0.3 is 10.5 Å². The van der Waals surface area contributed by atoms with Crippen LogP contribution in [0.2, 0.25) is 0 Å². The summed E-state index contributed by atoms with van der Waals surface area (Å²) in [5, 5.41) is 0. The fourth-order valence-electron chi connectivity index (χ4n) is 1.20. The van der Waals surface area contributed by atoms with E-state index in [4.69, 9.17) is 5.73 Å². The van der Waals surface area contributed by atoms with Crippen LogP contribution in [0.15, 0.2) is 18.2 Å². The number of hydrogen-bond acceptors (Lipinski definition) is 3. The fraction of sp³-hybridized carbons (Fsp3) is 0.300. The first-order valence-electron chi connectivity index (χ1n) is 4.15. The van der Waals surface area contributed by atoms with Crippen LogP contribution in [0.25, 0.3) is 0 Å². The zero-order valence-corrected chi connectivity index (χ0v) is 8.08. The van der Waals surface area contributed by atoms with Crippen LogP contribution in [0, 0.1) is 12.7 Å². The molecule has 1 unspecified atom stereocenters. The van der Waals surface area contributed by atoms with Crippen LogP contribution in [-0.4, -0.2) is 13.1 Å². The molecule has 2 N–H and O–H groups in total. The van der Waals surface area contributed by atoms with Gasteiger partial charge in [0, 0.05) is 0 Å². The molecule has 0 heterocycles. The number of rotatable bonds is 2. The van der Waals surface area contributed by atoms with Crippen molar-refractivity contribution in [1.82, 2.24) is 0 Å². The molecule has 0 fully saturated rings. The number of aryl methyl sites for hydroxylation is 1. The highest BCUT2D eigenvalue weighted by atomic mass is 19.1. The number of methoxy groups -OCH3 is 1. The van der Waals surface area contributed by atoms with Crippen LogP contribution in [0.4, 0.5) is 4.39 Å². The predicted octanol–water partition coefficient (Wildman–Crippen LogP) is 1.31. The molecule has 0 aliphatic heterocycles. The fourth-order valence-corrected chi connectivity index (χ4v) is 1.20. The summed E-state index contributed by atoms with van der Waals surface area (Å²) in [5.41, 5.74) is 6.80. The number of nitrogens with two attached hydrogens (primary N) is 1. The van der Waals surface area contributed by atoms with Crippen LogP contribution in [0.1, 0.15) is 17.2 Å². The van der Waals surface area contributed by atoms with Gasteiger partial charge in [0.25, 0.3) is 0 Å². The number of ether oxygens (including phenoxy) is 1. The Kier molecular flexibility index (Phi) is 3.19. The zero-order valence-electron chi connectivity index (χ0n) is 8.08. The van der Waals surface area contributed by atoms with E-state index in [1.54, 1.807) is 13.0 Å². The summed E-state index contributed by atoms with van der Waals surface area (Å²) in [5.74, 6) is -0.983. The first-order chi connectivity index (χ1) is 6.56. The highest BCUT2D eigenvalue weighted by molar-refractivity contribution is 5.77. The molecule has 14 heavy (non-hydrogen) atoms. The van der Waals surface area contributed by atoms with E-state index < -0.39 is 17.8 Å².